The number of Topliss-reactive ketones (excluding diaryl/α,β-unsaturated/α-hetero) is 1. The Morgan fingerprint density at radius 2 is 2.20 bits per heavy atom. The second-order valence-electron chi connectivity index (χ2n) is 5.20. The van der Waals surface area contributed by atoms with E-state index in [1.54, 1.807) is 17.0 Å². The van der Waals surface area contributed by atoms with Crippen molar-refractivity contribution in [2.24, 2.45) is 5.92 Å². The third-order valence-corrected chi connectivity index (χ3v) is 4.96. The fraction of sp³-hybridized carbons (Fsp3) is 0.571. The Hall–Kier alpha value is -0.910. The van der Waals surface area contributed by atoms with E-state index in [4.69, 9.17) is 11.6 Å². The van der Waals surface area contributed by atoms with Crippen LogP contribution in [0.3, 0.4) is 0 Å². The highest BCUT2D eigenvalue weighted by Crippen LogP contribution is 2.23. The molecule has 1 aliphatic heterocycles. The van der Waals surface area contributed by atoms with Crippen molar-refractivity contribution in [2.45, 2.75) is 32.3 Å². The maximum atomic E-state index is 12.0. The number of halogens is 1. The van der Waals surface area contributed by atoms with Crippen LogP contribution in [0.4, 0.5) is 0 Å². The number of rotatable bonds is 4. The van der Waals surface area contributed by atoms with Crippen molar-refractivity contribution in [3.63, 3.8) is 0 Å². The number of aliphatic hydroxyl groups excluding tert-OH is 1. The molecule has 0 aliphatic carbocycles. The number of nitrogens with zero attached hydrogens (tertiary/aromatic N) is 1. The summed E-state index contributed by atoms with van der Waals surface area (Å²) < 4.78 is 0.577. The summed E-state index contributed by atoms with van der Waals surface area (Å²) in [6, 6.07) is 3.37. The third-order valence-electron chi connectivity index (χ3n) is 3.69. The van der Waals surface area contributed by atoms with Crippen LogP contribution in [0.2, 0.25) is 4.34 Å². The molecule has 1 amide bonds. The van der Waals surface area contributed by atoms with E-state index >= 15 is 0 Å². The molecule has 2 unspecified atom stereocenters. The van der Waals surface area contributed by atoms with E-state index in [9.17, 15) is 14.7 Å². The highest BCUT2D eigenvalue weighted by atomic mass is 35.5. The molecule has 1 fully saturated rings. The normalized spacial score (nSPS) is 22.9. The second kappa shape index (κ2) is 6.70. The lowest BCUT2D eigenvalue weighted by Gasteiger charge is -2.34. The van der Waals surface area contributed by atoms with Gasteiger partial charge in [0.25, 0.3) is 0 Å². The molecular formula is C14H18ClNO3S. The van der Waals surface area contributed by atoms with Crippen LogP contribution in [-0.4, -0.2) is 40.9 Å². The molecule has 20 heavy (non-hydrogen) atoms. The first-order chi connectivity index (χ1) is 9.47. The van der Waals surface area contributed by atoms with Gasteiger partial charge in [-0.2, -0.15) is 0 Å². The summed E-state index contributed by atoms with van der Waals surface area (Å²) in [6.45, 7) is 3.02. The fourth-order valence-corrected chi connectivity index (χ4v) is 3.25. The first kappa shape index (κ1) is 15.5. The average Bonchev–Trinajstić information content (AvgIpc) is 2.85. The van der Waals surface area contributed by atoms with Gasteiger partial charge in [0, 0.05) is 25.9 Å². The molecule has 2 atom stereocenters. The Morgan fingerprint density at radius 1 is 1.45 bits per heavy atom. The molecule has 4 nitrogen and oxygen atoms in total. The smallest absolute Gasteiger partial charge is 0.223 e. The van der Waals surface area contributed by atoms with E-state index in [1.807, 2.05) is 6.92 Å². The van der Waals surface area contributed by atoms with Crippen LogP contribution >= 0.6 is 22.9 Å². The predicted molar refractivity (Wildman–Crippen MR) is 79.3 cm³/mol. The summed E-state index contributed by atoms with van der Waals surface area (Å²) in [5, 5.41) is 9.78. The van der Waals surface area contributed by atoms with Gasteiger partial charge in [-0.15, -0.1) is 11.3 Å². The number of aliphatic hydroxyl groups is 1. The zero-order valence-electron chi connectivity index (χ0n) is 11.3. The molecule has 6 heteroatoms. The molecule has 2 rings (SSSR count). The Morgan fingerprint density at radius 3 is 2.80 bits per heavy atom. The number of ketones is 1. The van der Waals surface area contributed by atoms with Crippen molar-refractivity contribution in [1.29, 1.82) is 0 Å². The molecule has 0 spiro atoms. The Kier molecular flexibility index (Phi) is 5.18. The summed E-state index contributed by atoms with van der Waals surface area (Å²) in [4.78, 5) is 26.2. The zero-order chi connectivity index (χ0) is 14.7. The quantitative estimate of drug-likeness (QED) is 0.869. The highest BCUT2D eigenvalue weighted by Gasteiger charge is 2.27. The Balaban J connectivity index is 1.82. The largest absolute Gasteiger partial charge is 0.391 e. The molecule has 0 radical (unpaired) electrons. The zero-order valence-corrected chi connectivity index (χ0v) is 12.9. The van der Waals surface area contributed by atoms with Crippen molar-refractivity contribution in [1.82, 2.24) is 4.90 Å². The number of thiophene rings is 1. The number of hydrogen-bond acceptors (Lipinski definition) is 4. The van der Waals surface area contributed by atoms with Gasteiger partial charge in [-0.3, -0.25) is 9.59 Å². The van der Waals surface area contributed by atoms with Crippen LogP contribution in [0.25, 0.3) is 0 Å². The van der Waals surface area contributed by atoms with Gasteiger partial charge in [-0.05, 0) is 24.5 Å². The van der Waals surface area contributed by atoms with E-state index in [-0.39, 0.29) is 30.4 Å². The van der Waals surface area contributed by atoms with Crippen molar-refractivity contribution in [3.8, 4) is 0 Å². The lowest BCUT2D eigenvalue weighted by Crippen LogP contribution is -2.45. The number of β-amino-alcohol motifs (C(OH)–C–C–N with tert-alkyl or cyclic N) is 1. The number of piperidine rings is 1. The summed E-state index contributed by atoms with van der Waals surface area (Å²) in [7, 11) is 0. The van der Waals surface area contributed by atoms with E-state index in [1.165, 1.54) is 11.3 Å². The van der Waals surface area contributed by atoms with Crippen molar-refractivity contribution >= 4 is 34.6 Å². The van der Waals surface area contributed by atoms with E-state index in [0.717, 1.165) is 6.42 Å². The molecule has 1 aliphatic rings. The maximum absolute atomic E-state index is 12.0. The lowest BCUT2D eigenvalue weighted by molar-refractivity contribution is -0.135. The van der Waals surface area contributed by atoms with E-state index < -0.39 is 6.10 Å². The summed E-state index contributed by atoms with van der Waals surface area (Å²) in [5.74, 6) is 0.113. The molecule has 2 heterocycles. The van der Waals surface area contributed by atoms with Gasteiger partial charge in [0.2, 0.25) is 5.91 Å². The van der Waals surface area contributed by atoms with Crippen LogP contribution in [0.1, 0.15) is 35.9 Å². The number of amides is 1. The van der Waals surface area contributed by atoms with E-state index in [0.29, 0.717) is 22.3 Å². The fourth-order valence-electron chi connectivity index (χ4n) is 2.24. The molecule has 1 saturated heterocycles. The number of hydrogen-bond donors (Lipinski definition) is 1. The van der Waals surface area contributed by atoms with Crippen LogP contribution < -0.4 is 0 Å². The minimum absolute atomic E-state index is 0.0545. The molecular weight excluding hydrogens is 298 g/mol. The summed E-state index contributed by atoms with van der Waals surface area (Å²) >= 11 is 7.02. The van der Waals surface area contributed by atoms with Gasteiger partial charge in [-0.25, -0.2) is 0 Å². The lowest BCUT2D eigenvalue weighted by atomic mass is 9.96. The molecule has 1 aromatic rings. The van der Waals surface area contributed by atoms with Gasteiger partial charge in [0.05, 0.1) is 15.3 Å². The standard InChI is InChI=1S/C14H18ClNO3S/c1-9-6-7-16(8-11(9)18)14(19)5-2-10(17)12-3-4-13(15)20-12/h3-4,9,11,18H,2,5-8H2,1H3. The summed E-state index contributed by atoms with van der Waals surface area (Å²) in [6.07, 6.45) is 0.730. The number of likely N-dealkylation sites (tertiary alicyclic amines) is 1. The van der Waals surface area contributed by atoms with Gasteiger partial charge in [0.15, 0.2) is 5.78 Å². The monoisotopic (exact) mass is 315 g/mol. The maximum Gasteiger partial charge on any atom is 0.223 e. The molecule has 0 aromatic carbocycles. The number of carbonyl (C=O) groups excluding carboxylic acids is 2. The van der Waals surface area contributed by atoms with E-state index in [2.05, 4.69) is 0 Å². The van der Waals surface area contributed by atoms with Gasteiger partial charge < -0.3 is 10.0 Å². The molecule has 0 saturated carbocycles. The number of carbonyl (C=O) groups is 2. The van der Waals surface area contributed by atoms with Gasteiger partial charge in [0.1, 0.15) is 0 Å². The SMILES string of the molecule is CC1CCN(C(=O)CCC(=O)c2ccc(Cl)s2)CC1O. The molecule has 1 aromatic heterocycles. The highest BCUT2D eigenvalue weighted by molar-refractivity contribution is 7.18. The Bertz CT molecular complexity index is 502. The van der Waals surface area contributed by atoms with Crippen molar-refractivity contribution < 1.29 is 14.7 Å². The predicted octanol–water partition coefficient (Wildman–Crippen LogP) is 2.59. The first-order valence-electron chi connectivity index (χ1n) is 6.71. The first-order valence-corrected chi connectivity index (χ1v) is 7.91. The van der Waals surface area contributed by atoms with Gasteiger partial charge in [-0.1, -0.05) is 18.5 Å². The van der Waals surface area contributed by atoms with Crippen LogP contribution in [0.5, 0.6) is 0 Å². The summed E-state index contributed by atoms with van der Waals surface area (Å²) in [5.41, 5.74) is 0. The van der Waals surface area contributed by atoms with Crippen LogP contribution in [-0.2, 0) is 4.79 Å². The van der Waals surface area contributed by atoms with Crippen LogP contribution in [0.15, 0.2) is 12.1 Å². The average molecular weight is 316 g/mol. The van der Waals surface area contributed by atoms with Crippen molar-refractivity contribution in [3.05, 3.63) is 21.3 Å². The van der Waals surface area contributed by atoms with Crippen molar-refractivity contribution in [2.75, 3.05) is 13.1 Å². The molecule has 110 valence electrons. The molecule has 0 bridgehead atoms. The Labute approximate surface area is 127 Å². The third kappa shape index (κ3) is 3.81. The minimum Gasteiger partial charge on any atom is -0.391 e. The minimum atomic E-state index is -0.459. The van der Waals surface area contributed by atoms with Crippen LogP contribution in [0, 0.1) is 5.92 Å². The second-order valence-corrected chi connectivity index (χ2v) is 6.92. The molecule has 1 N–H and O–H groups in total. The topological polar surface area (TPSA) is 57.6 Å². The van der Waals surface area contributed by atoms with Gasteiger partial charge >= 0.3 is 0 Å².